The lowest BCUT2D eigenvalue weighted by molar-refractivity contribution is -0.146. The largest absolute Gasteiger partial charge is 0.481 e. The van der Waals surface area contributed by atoms with Gasteiger partial charge in [-0.05, 0) is 25.7 Å². The molecule has 7 heteroatoms. The Morgan fingerprint density at radius 2 is 2.20 bits per heavy atom. The normalized spacial score (nSPS) is 27.2. The highest BCUT2D eigenvalue weighted by atomic mass is 16.4. The second-order valence-corrected chi connectivity index (χ2v) is 5.40. The Bertz CT molecular complexity index is 474. The lowest BCUT2D eigenvalue weighted by atomic mass is 9.95. The predicted molar refractivity (Wildman–Crippen MR) is 70.6 cm³/mol. The quantitative estimate of drug-likeness (QED) is 0.749. The van der Waals surface area contributed by atoms with Crippen LogP contribution in [-0.4, -0.2) is 32.2 Å². The van der Waals surface area contributed by atoms with Gasteiger partial charge in [-0.2, -0.15) is 5.10 Å². The van der Waals surface area contributed by atoms with Gasteiger partial charge in [0.1, 0.15) is 12.2 Å². The van der Waals surface area contributed by atoms with E-state index in [1.54, 1.807) is 6.92 Å². The minimum Gasteiger partial charge on any atom is -0.481 e. The Morgan fingerprint density at radius 3 is 2.75 bits per heavy atom. The zero-order chi connectivity index (χ0) is 14.7. The van der Waals surface area contributed by atoms with Gasteiger partial charge < -0.3 is 10.4 Å². The number of hydrogen-bond acceptors (Lipinski definition) is 4. The fourth-order valence-electron chi connectivity index (χ4n) is 2.85. The second-order valence-electron chi connectivity index (χ2n) is 5.40. The van der Waals surface area contributed by atoms with Crippen LogP contribution in [0.1, 0.15) is 45.0 Å². The molecule has 1 saturated carbocycles. The molecule has 1 aliphatic rings. The van der Waals surface area contributed by atoms with Crippen LogP contribution >= 0.6 is 0 Å². The van der Waals surface area contributed by atoms with Crippen LogP contribution in [0.5, 0.6) is 0 Å². The number of aromatic nitrogens is 3. The van der Waals surface area contributed by atoms with Gasteiger partial charge in [0.05, 0.1) is 17.9 Å². The summed E-state index contributed by atoms with van der Waals surface area (Å²) in [4.78, 5) is 27.6. The second kappa shape index (κ2) is 6.02. The van der Waals surface area contributed by atoms with Crippen molar-refractivity contribution < 1.29 is 14.7 Å². The van der Waals surface area contributed by atoms with E-state index in [0.29, 0.717) is 24.6 Å². The number of hydrogen-bond donors (Lipinski definition) is 3. The zero-order valence-electron chi connectivity index (χ0n) is 11.7. The van der Waals surface area contributed by atoms with Gasteiger partial charge in [-0.15, -0.1) is 0 Å². The number of carbonyl (C=O) groups is 2. The molecule has 20 heavy (non-hydrogen) atoms. The smallest absolute Gasteiger partial charge is 0.307 e. The summed E-state index contributed by atoms with van der Waals surface area (Å²) in [5.41, 5.74) is 0. The number of aromatic amines is 1. The number of carboxylic acids is 1. The van der Waals surface area contributed by atoms with E-state index in [2.05, 4.69) is 20.5 Å². The van der Waals surface area contributed by atoms with Crippen LogP contribution in [0.25, 0.3) is 0 Å². The Labute approximate surface area is 117 Å². The molecule has 3 N–H and O–H groups in total. The Hall–Kier alpha value is -1.92. The third-order valence-electron chi connectivity index (χ3n) is 4.09. The van der Waals surface area contributed by atoms with Gasteiger partial charge in [0.25, 0.3) is 0 Å². The van der Waals surface area contributed by atoms with Crippen molar-refractivity contribution in [1.82, 2.24) is 20.5 Å². The molecule has 110 valence electrons. The standard InChI is InChI=1S/C13H20N4O3/c1-3-8-4-9(10(5-8)13(19)20)12(18)16-7(2)11-14-6-15-17-11/h6-10H,3-5H2,1-2H3,(H,16,18)(H,19,20)(H,14,15,17)/t7?,8?,9-,10+/m0/s1. The van der Waals surface area contributed by atoms with Crippen molar-refractivity contribution in [2.24, 2.45) is 17.8 Å². The highest BCUT2D eigenvalue weighted by Gasteiger charge is 2.42. The lowest BCUT2D eigenvalue weighted by Crippen LogP contribution is -2.37. The van der Waals surface area contributed by atoms with Crippen molar-refractivity contribution in [3.63, 3.8) is 0 Å². The predicted octanol–water partition coefficient (Wildman–Crippen LogP) is 1.12. The average Bonchev–Trinajstić information content (AvgIpc) is 3.07. The molecule has 0 spiro atoms. The minimum atomic E-state index is -0.881. The average molecular weight is 280 g/mol. The first-order chi connectivity index (χ1) is 9.52. The Kier molecular flexibility index (Phi) is 4.36. The number of nitrogens with zero attached hydrogens (tertiary/aromatic N) is 2. The molecule has 2 unspecified atom stereocenters. The molecule has 1 amide bonds. The van der Waals surface area contributed by atoms with Crippen molar-refractivity contribution in [3.8, 4) is 0 Å². The van der Waals surface area contributed by atoms with Gasteiger partial charge in [-0.25, -0.2) is 4.98 Å². The Morgan fingerprint density at radius 1 is 1.50 bits per heavy atom. The summed E-state index contributed by atoms with van der Waals surface area (Å²) in [6.45, 7) is 3.82. The summed E-state index contributed by atoms with van der Waals surface area (Å²) in [6, 6.07) is -0.305. The van der Waals surface area contributed by atoms with Crippen LogP contribution < -0.4 is 5.32 Å². The van der Waals surface area contributed by atoms with Gasteiger partial charge in [0.2, 0.25) is 5.91 Å². The van der Waals surface area contributed by atoms with Crippen LogP contribution in [0.3, 0.4) is 0 Å². The van der Waals surface area contributed by atoms with Gasteiger partial charge in [0, 0.05) is 0 Å². The number of nitrogens with one attached hydrogen (secondary N) is 2. The van der Waals surface area contributed by atoms with Crippen molar-refractivity contribution in [2.75, 3.05) is 0 Å². The molecule has 1 heterocycles. The third kappa shape index (κ3) is 2.97. The molecule has 0 aromatic carbocycles. The highest BCUT2D eigenvalue weighted by Crippen LogP contribution is 2.38. The van der Waals surface area contributed by atoms with Crippen molar-refractivity contribution in [1.29, 1.82) is 0 Å². The van der Waals surface area contributed by atoms with Crippen LogP contribution in [0, 0.1) is 17.8 Å². The molecule has 0 aliphatic heterocycles. The molecular formula is C13H20N4O3. The summed E-state index contributed by atoms with van der Waals surface area (Å²) < 4.78 is 0. The molecule has 0 radical (unpaired) electrons. The van der Waals surface area contributed by atoms with Crippen molar-refractivity contribution in [3.05, 3.63) is 12.2 Å². The molecule has 1 aliphatic carbocycles. The van der Waals surface area contributed by atoms with Gasteiger partial charge >= 0.3 is 5.97 Å². The SMILES string of the molecule is CCC1C[C@H](C(=O)NC(C)c2ncn[nH]2)[C@H](C(=O)O)C1. The van der Waals surface area contributed by atoms with Crippen LogP contribution in [-0.2, 0) is 9.59 Å². The molecule has 7 nitrogen and oxygen atoms in total. The molecule has 4 atom stereocenters. The minimum absolute atomic E-state index is 0.211. The number of H-pyrrole nitrogens is 1. The molecule has 0 bridgehead atoms. The highest BCUT2D eigenvalue weighted by molar-refractivity contribution is 5.85. The van der Waals surface area contributed by atoms with Gasteiger partial charge in [-0.1, -0.05) is 13.3 Å². The maximum atomic E-state index is 12.3. The Balaban J connectivity index is 2.02. The summed E-state index contributed by atoms with van der Waals surface area (Å²) in [5, 5.41) is 18.5. The van der Waals surface area contributed by atoms with Crippen molar-refractivity contribution >= 4 is 11.9 Å². The summed E-state index contributed by atoms with van der Waals surface area (Å²) in [5.74, 6) is -1.25. The number of aliphatic carboxylic acids is 1. The van der Waals surface area contributed by atoms with E-state index < -0.39 is 17.8 Å². The topological polar surface area (TPSA) is 108 Å². The third-order valence-corrected chi connectivity index (χ3v) is 4.09. The summed E-state index contributed by atoms with van der Waals surface area (Å²) >= 11 is 0. The van der Waals surface area contributed by atoms with Crippen molar-refractivity contribution in [2.45, 2.75) is 39.2 Å². The van der Waals surface area contributed by atoms with Crippen LogP contribution in [0.4, 0.5) is 0 Å². The first-order valence-electron chi connectivity index (χ1n) is 6.91. The first kappa shape index (κ1) is 14.5. The van der Waals surface area contributed by atoms with E-state index in [9.17, 15) is 14.7 Å². The fourth-order valence-corrected chi connectivity index (χ4v) is 2.85. The monoisotopic (exact) mass is 280 g/mol. The summed E-state index contributed by atoms with van der Waals surface area (Å²) in [6.07, 6.45) is 3.51. The number of carbonyl (C=O) groups excluding carboxylic acids is 1. The fraction of sp³-hybridized carbons (Fsp3) is 0.692. The first-order valence-corrected chi connectivity index (χ1v) is 6.91. The molecule has 1 fully saturated rings. The molecule has 1 aromatic heterocycles. The number of rotatable bonds is 5. The van der Waals surface area contributed by atoms with Gasteiger partial charge in [0.15, 0.2) is 0 Å². The van der Waals surface area contributed by atoms with Crippen LogP contribution in [0.2, 0.25) is 0 Å². The molecular weight excluding hydrogens is 260 g/mol. The molecule has 0 saturated heterocycles. The number of amides is 1. The van der Waals surface area contributed by atoms with Gasteiger partial charge in [-0.3, -0.25) is 14.7 Å². The van der Waals surface area contributed by atoms with E-state index in [0.717, 1.165) is 6.42 Å². The number of carboxylic acid groups (broad SMARTS) is 1. The zero-order valence-corrected chi connectivity index (χ0v) is 11.7. The van der Waals surface area contributed by atoms with E-state index in [1.807, 2.05) is 6.92 Å². The van der Waals surface area contributed by atoms with E-state index in [-0.39, 0.29) is 11.9 Å². The van der Waals surface area contributed by atoms with E-state index in [1.165, 1.54) is 6.33 Å². The van der Waals surface area contributed by atoms with E-state index in [4.69, 9.17) is 0 Å². The van der Waals surface area contributed by atoms with E-state index >= 15 is 0 Å². The van der Waals surface area contributed by atoms with Crippen LogP contribution in [0.15, 0.2) is 6.33 Å². The maximum absolute atomic E-state index is 12.3. The molecule has 2 rings (SSSR count). The summed E-state index contributed by atoms with van der Waals surface area (Å²) in [7, 11) is 0. The lowest BCUT2D eigenvalue weighted by Gasteiger charge is -2.18. The molecule has 1 aromatic rings. The maximum Gasteiger partial charge on any atom is 0.307 e.